The number of carbonyl (C=O) groups is 2. The minimum Gasteiger partial charge on any atom is -0.454 e. The number of nitrogens with one attached hydrogen (secondary N) is 1. The largest absolute Gasteiger partial charge is 0.454 e. The molecule has 8 nitrogen and oxygen atoms in total. The van der Waals surface area contributed by atoms with Crippen LogP contribution in [-0.4, -0.2) is 35.2 Å². The molecule has 1 aliphatic heterocycles. The Kier molecular flexibility index (Phi) is 4.55. The number of nitrogens with zero attached hydrogens (tertiary/aromatic N) is 2. The Balaban J connectivity index is 1.52. The van der Waals surface area contributed by atoms with Crippen molar-refractivity contribution in [3.05, 3.63) is 48.0 Å². The molecule has 0 spiro atoms. The molecule has 1 N–H and O–H groups in total. The van der Waals surface area contributed by atoms with Crippen LogP contribution in [0.1, 0.15) is 29.0 Å². The number of hydrogen-bond acceptors (Lipinski definition) is 7. The van der Waals surface area contributed by atoms with E-state index in [1.165, 1.54) is 18.6 Å². The van der Waals surface area contributed by atoms with Gasteiger partial charge in [-0.1, -0.05) is 6.07 Å². The van der Waals surface area contributed by atoms with Crippen LogP contribution < -0.4 is 14.8 Å². The minimum absolute atomic E-state index is 0.0501. The number of rotatable bonds is 5. The molecular formula is C16H15N3O5. The summed E-state index contributed by atoms with van der Waals surface area (Å²) in [6, 6.07) is 5.15. The van der Waals surface area contributed by atoms with Crippen molar-refractivity contribution >= 4 is 11.9 Å². The first-order chi connectivity index (χ1) is 11.6. The van der Waals surface area contributed by atoms with E-state index in [-0.39, 0.29) is 18.5 Å². The lowest BCUT2D eigenvalue weighted by Crippen LogP contribution is -2.31. The molecule has 8 heteroatoms. The summed E-state index contributed by atoms with van der Waals surface area (Å²) in [7, 11) is 0. The van der Waals surface area contributed by atoms with Crippen molar-refractivity contribution in [3.63, 3.8) is 0 Å². The molecular weight excluding hydrogens is 314 g/mol. The fraction of sp³-hybridized carbons (Fsp3) is 0.250. The molecule has 0 saturated heterocycles. The van der Waals surface area contributed by atoms with E-state index in [1.807, 2.05) is 13.0 Å². The lowest BCUT2D eigenvalue weighted by atomic mass is 10.1. The Morgan fingerprint density at radius 2 is 2.12 bits per heavy atom. The summed E-state index contributed by atoms with van der Waals surface area (Å²) in [5, 5.41) is 2.75. The highest BCUT2D eigenvalue weighted by Gasteiger charge is 2.18. The second-order valence-corrected chi connectivity index (χ2v) is 5.07. The standard InChI is InChI=1S/C16H15N3O5/c1-10(11-2-3-13-14(6-11)24-9-23-13)19-15(20)8-22-16(21)12-7-17-4-5-18-12/h2-7,10H,8-9H2,1H3,(H,19,20)/t10-/m1/s1. The van der Waals surface area contributed by atoms with Gasteiger partial charge < -0.3 is 19.5 Å². The average Bonchev–Trinajstić information content (AvgIpc) is 3.08. The summed E-state index contributed by atoms with van der Waals surface area (Å²) in [4.78, 5) is 31.2. The lowest BCUT2D eigenvalue weighted by molar-refractivity contribution is -0.124. The van der Waals surface area contributed by atoms with Crippen molar-refractivity contribution in [2.24, 2.45) is 0 Å². The van der Waals surface area contributed by atoms with Crippen LogP contribution in [0.25, 0.3) is 0 Å². The molecule has 1 amide bonds. The van der Waals surface area contributed by atoms with Gasteiger partial charge in [-0.2, -0.15) is 0 Å². The van der Waals surface area contributed by atoms with Crippen LogP contribution in [0.15, 0.2) is 36.8 Å². The molecule has 24 heavy (non-hydrogen) atoms. The van der Waals surface area contributed by atoms with Crippen LogP contribution in [-0.2, 0) is 9.53 Å². The van der Waals surface area contributed by atoms with Crippen LogP contribution >= 0.6 is 0 Å². The van der Waals surface area contributed by atoms with Gasteiger partial charge in [0.2, 0.25) is 6.79 Å². The number of fused-ring (bicyclic) bond motifs is 1. The maximum Gasteiger partial charge on any atom is 0.359 e. The molecule has 0 unspecified atom stereocenters. The number of aromatic nitrogens is 2. The molecule has 0 bridgehead atoms. The van der Waals surface area contributed by atoms with E-state index >= 15 is 0 Å². The average molecular weight is 329 g/mol. The molecule has 0 saturated carbocycles. The van der Waals surface area contributed by atoms with Crippen molar-refractivity contribution in [3.8, 4) is 11.5 Å². The van der Waals surface area contributed by atoms with Crippen LogP contribution in [0.5, 0.6) is 11.5 Å². The van der Waals surface area contributed by atoms with Crippen molar-refractivity contribution < 1.29 is 23.8 Å². The molecule has 1 aromatic carbocycles. The van der Waals surface area contributed by atoms with Crippen molar-refractivity contribution in [2.45, 2.75) is 13.0 Å². The van der Waals surface area contributed by atoms with Crippen molar-refractivity contribution in [2.75, 3.05) is 13.4 Å². The third-order valence-electron chi connectivity index (χ3n) is 3.38. The van der Waals surface area contributed by atoms with Crippen molar-refractivity contribution in [1.82, 2.24) is 15.3 Å². The van der Waals surface area contributed by atoms with Crippen molar-refractivity contribution in [1.29, 1.82) is 0 Å². The zero-order valence-electron chi connectivity index (χ0n) is 12.9. The second-order valence-electron chi connectivity index (χ2n) is 5.07. The normalized spacial score (nSPS) is 13.2. The predicted octanol–water partition coefficient (Wildman–Crippen LogP) is 1.24. The SMILES string of the molecule is C[C@@H](NC(=O)COC(=O)c1cnccn1)c1ccc2c(c1)OCO2. The molecule has 3 rings (SSSR count). The van der Waals surface area contributed by atoms with Crippen LogP contribution in [0.4, 0.5) is 0 Å². The number of hydrogen-bond donors (Lipinski definition) is 1. The summed E-state index contributed by atoms with van der Waals surface area (Å²) in [6.07, 6.45) is 4.09. The highest BCUT2D eigenvalue weighted by molar-refractivity contribution is 5.89. The number of amides is 1. The maximum absolute atomic E-state index is 11.9. The van der Waals surface area contributed by atoms with E-state index in [1.54, 1.807) is 12.1 Å². The topological polar surface area (TPSA) is 99.6 Å². The molecule has 2 aromatic rings. The molecule has 124 valence electrons. The number of ether oxygens (including phenoxy) is 3. The van der Waals surface area contributed by atoms with Crippen LogP contribution in [0.3, 0.4) is 0 Å². The smallest absolute Gasteiger partial charge is 0.359 e. The zero-order chi connectivity index (χ0) is 16.9. The number of benzene rings is 1. The summed E-state index contributed by atoms with van der Waals surface area (Å²) >= 11 is 0. The van der Waals surface area contributed by atoms with Gasteiger partial charge in [0.25, 0.3) is 5.91 Å². The third-order valence-corrected chi connectivity index (χ3v) is 3.38. The number of carbonyl (C=O) groups excluding carboxylic acids is 2. The van der Waals surface area contributed by atoms with Gasteiger partial charge in [-0.15, -0.1) is 0 Å². The van der Waals surface area contributed by atoms with Gasteiger partial charge in [-0.05, 0) is 24.6 Å². The Labute approximate surface area is 137 Å². The summed E-state index contributed by atoms with van der Waals surface area (Å²) in [5.74, 6) is 0.198. The van der Waals surface area contributed by atoms with E-state index < -0.39 is 18.5 Å². The predicted molar refractivity (Wildman–Crippen MR) is 81.4 cm³/mol. The van der Waals surface area contributed by atoms with Gasteiger partial charge in [-0.3, -0.25) is 9.78 Å². The highest BCUT2D eigenvalue weighted by atomic mass is 16.7. The van der Waals surface area contributed by atoms with Gasteiger partial charge in [0.1, 0.15) is 0 Å². The molecule has 0 fully saturated rings. The second kappa shape index (κ2) is 6.95. The highest BCUT2D eigenvalue weighted by Crippen LogP contribution is 2.34. The minimum atomic E-state index is -0.700. The van der Waals surface area contributed by atoms with E-state index in [2.05, 4.69) is 15.3 Å². The third kappa shape index (κ3) is 3.60. The van der Waals surface area contributed by atoms with E-state index in [0.29, 0.717) is 11.5 Å². The van der Waals surface area contributed by atoms with E-state index in [9.17, 15) is 9.59 Å². The van der Waals surface area contributed by atoms with Crippen LogP contribution in [0, 0.1) is 0 Å². The molecule has 2 heterocycles. The van der Waals surface area contributed by atoms with Gasteiger partial charge in [0.15, 0.2) is 23.8 Å². The first-order valence-electron chi connectivity index (χ1n) is 7.25. The molecule has 0 radical (unpaired) electrons. The summed E-state index contributed by atoms with van der Waals surface area (Å²) in [6.45, 7) is 1.61. The molecule has 1 aliphatic rings. The van der Waals surface area contributed by atoms with Crippen LogP contribution in [0.2, 0.25) is 0 Å². The Morgan fingerprint density at radius 3 is 2.92 bits per heavy atom. The van der Waals surface area contributed by atoms with Gasteiger partial charge in [-0.25, -0.2) is 9.78 Å². The number of esters is 1. The molecule has 1 aromatic heterocycles. The summed E-state index contributed by atoms with van der Waals surface area (Å²) in [5.41, 5.74) is 0.905. The fourth-order valence-corrected chi connectivity index (χ4v) is 2.16. The zero-order valence-corrected chi connectivity index (χ0v) is 12.9. The summed E-state index contributed by atoms with van der Waals surface area (Å²) < 4.78 is 15.5. The first-order valence-corrected chi connectivity index (χ1v) is 7.25. The quantitative estimate of drug-likeness (QED) is 0.824. The lowest BCUT2D eigenvalue weighted by Gasteiger charge is -2.14. The first kappa shape index (κ1) is 15.7. The molecule has 1 atom stereocenters. The Bertz CT molecular complexity index is 751. The van der Waals surface area contributed by atoms with Gasteiger partial charge >= 0.3 is 5.97 Å². The molecule has 0 aliphatic carbocycles. The van der Waals surface area contributed by atoms with Gasteiger partial charge in [0, 0.05) is 12.4 Å². The Morgan fingerprint density at radius 1 is 1.29 bits per heavy atom. The van der Waals surface area contributed by atoms with E-state index in [4.69, 9.17) is 14.2 Å². The monoisotopic (exact) mass is 329 g/mol. The van der Waals surface area contributed by atoms with E-state index in [0.717, 1.165) is 5.56 Å². The van der Waals surface area contributed by atoms with Gasteiger partial charge in [0.05, 0.1) is 12.2 Å². The Hall–Kier alpha value is -3.16. The fourth-order valence-electron chi connectivity index (χ4n) is 2.16. The maximum atomic E-state index is 11.9.